The van der Waals surface area contributed by atoms with Gasteiger partial charge in [-0.15, -0.1) is 0 Å². The lowest BCUT2D eigenvalue weighted by atomic mass is 10.1. The van der Waals surface area contributed by atoms with Gasteiger partial charge < -0.3 is 5.32 Å². The summed E-state index contributed by atoms with van der Waals surface area (Å²) >= 11 is 0. The molecule has 1 aromatic rings. The summed E-state index contributed by atoms with van der Waals surface area (Å²) in [7, 11) is -2.78. The molecule has 1 fully saturated rings. The molecule has 1 aromatic heterocycles. The van der Waals surface area contributed by atoms with Crippen molar-refractivity contribution >= 4 is 15.5 Å². The van der Waals surface area contributed by atoms with Crippen molar-refractivity contribution in [3.05, 3.63) is 23.5 Å². The third-order valence-electron chi connectivity index (χ3n) is 3.14. The smallest absolute Gasteiger partial charge is 0.150 e. The monoisotopic (exact) mass is 254 g/mol. The van der Waals surface area contributed by atoms with Gasteiger partial charge in [-0.3, -0.25) is 4.98 Å². The summed E-state index contributed by atoms with van der Waals surface area (Å²) in [6, 6.07) is 4.23. The molecule has 1 saturated heterocycles. The van der Waals surface area contributed by atoms with E-state index >= 15 is 0 Å². The van der Waals surface area contributed by atoms with Gasteiger partial charge in [-0.25, -0.2) is 8.42 Å². The van der Waals surface area contributed by atoms with E-state index in [0.717, 1.165) is 17.1 Å². The largest absolute Gasteiger partial charge is 0.381 e. The number of sulfone groups is 1. The molecule has 0 aliphatic carbocycles. The van der Waals surface area contributed by atoms with Crippen LogP contribution in [0.4, 0.5) is 5.69 Å². The Kier molecular flexibility index (Phi) is 3.38. The summed E-state index contributed by atoms with van der Waals surface area (Å²) in [5.74, 6) is 0.589. The summed E-state index contributed by atoms with van der Waals surface area (Å²) in [6.07, 6.45) is 1.38. The van der Waals surface area contributed by atoms with Crippen LogP contribution in [0.2, 0.25) is 0 Å². The maximum atomic E-state index is 11.3. The predicted molar refractivity (Wildman–Crippen MR) is 69.0 cm³/mol. The van der Waals surface area contributed by atoms with Gasteiger partial charge in [0, 0.05) is 11.7 Å². The SMILES string of the molecule is Cc1ccc(NC2CCS(=O)(=O)CC2)c(C)n1. The standard InChI is InChI=1S/C12H18N2O2S/c1-9-3-4-12(10(2)13-9)14-11-5-7-17(15,16)8-6-11/h3-4,11,14H,5-8H2,1-2H3. The molecule has 1 aliphatic rings. The fourth-order valence-corrected chi connectivity index (χ4v) is 3.58. The molecule has 1 N–H and O–H groups in total. The highest BCUT2D eigenvalue weighted by atomic mass is 32.2. The average molecular weight is 254 g/mol. The average Bonchev–Trinajstić information content (AvgIpc) is 2.25. The van der Waals surface area contributed by atoms with Gasteiger partial charge in [0.15, 0.2) is 0 Å². The van der Waals surface area contributed by atoms with Crippen molar-refractivity contribution in [3.8, 4) is 0 Å². The fourth-order valence-electron chi connectivity index (χ4n) is 2.09. The molecule has 94 valence electrons. The normalized spacial score (nSPS) is 20.1. The van der Waals surface area contributed by atoms with Crippen molar-refractivity contribution in [1.82, 2.24) is 4.98 Å². The van der Waals surface area contributed by atoms with Crippen LogP contribution in [0.15, 0.2) is 12.1 Å². The van der Waals surface area contributed by atoms with Crippen molar-refractivity contribution in [3.63, 3.8) is 0 Å². The molecule has 0 bridgehead atoms. The van der Waals surface area contributed by atoms with Gasteiger partial charge in [-0.1, -0.05) is 0 Å². The van der Waals surface area contributed by atoms with E-state index in [1.165, 1.54) is 0 Å². The zero-order valence-electron chi connectivity index (χ0n) is 10.2. The third kappa shape index (κ3) is 3.19. The van der Waals surface area contributed by atoms with Crippen LogP contribution in [0.1, 0.15) is 24.2 Å². The quantitative estimate of drug-likeness (QED) is 0.872. The summed E-state index contributed by atoms with van der Waals surface area (Å²) in [5.41, 5.74) is 2.98. The first-order chi connectivity index (χ1) is 7.96. The number of nitrogens with one attached hydrogen (secondary N) is 1. The number of hydrogen-bond acceptors (Lipinski definition) is 4. The molecule has 5 heteroatoms. The van der Waals surface area contributed by atoms with Crippen molar-refractivity contribution < 1.29 is 8.42 Å². The predicted octanol–water partition coefficient (Wildman–Crippen LogP) is 1.69. The second-order valence-electron chi connectivity index (χ2n) is 4.66. The van der Waals surface area contributed by atoms with Gasteiger partial charge in [0.1, 0.15) is 9.84 Å². The first kappa shape index (κ1) is 12.4. The Bertz CT molecular complexity index is 497. The first-order valence-corrected chi connectivity index (χ1v) is 7.70. The second-order valence-corrected chi connectivity index (χ2v) is 6.96. The minimum absolute atomic E-state index is 0.252. The number of pyridine rings is 1. The number of hydrogen-bond donors (Lipinski definition) is 1. The van der Waals surface area contributed by atoms with Crippen molar-refractivity contribution in [2.75, 3.05) is 16.8 Å². The molecule has 2 rings (SSSR count). The minimum Gasteiger partial charge on any atom is -0.381 e. The highest BCUT2D eigenvalue weighted by Crippen LogP contribution is 2.19. The van der Waals surface area contributed by atoms with Crippen LogP contribution in [0.3, 0.4) is 0 Å². The zero-order chi connectivity index (χ0) is 12.5. The van der Waals surface area contributed by atoms with Crippen LogP contribution in [0.5, 0.6) is 0 Å². The molecular formula is C12H18N2O2S. The number of nitrogens with zero attached hydrogens (tertiary/aromatic N) is 1. The Labute approximate surface area is 102 Å². The van der Waals surface area contributed by atoms with Gasteiger partial charge in [0.05, 0.1) is 22.9 Å². The Morgan fingerprint density at radius 3 is 2.47 bits per heavy atom. The molecule has 0 saturated carbocycles. The number of aryl methyl sites for hydroxylation is 2. The number of aromatic nitrogens is 1. The molecule has 17 heavy (non-hydrogen) atoms. The van der Waals surface area contributed by atoms with E-state index in [4.69, 9.17) is 0 Å². The van der Waals surface area contributed by atoms with Crippen LogP contribution >= 0.6 is 0 Å². The topological polar surface area (TPSA) is 59.1 Å². The van der Waals surface area contributed by atoms with Crippen LogP contribution < -0.4 is 5.32 Å². The molecule has 0 spiro atoms. The Morgan fingerprint density at radius 1 is 1.24 bits per heavy atom. The maximum Gasteiger partial charge on any atom is 0.150 e. The van der Waals surface area contributed by atoms with E-state index in [-0.39, 0.29) is 6.04 Å². The van der Waals surface area contributed by atoms with E-state index in [1.807, 2.05) is 26.0 Å². The highest BCUT2D eigenvalue weighted by Gasteiger charge is 2.23. The van der Waals surface area contributed by atoms with Crippen LogP contribution in [-0.2, 0) is 9.84 Å². The van der Waals surface area contributed by atoms with Gasteiger partial charge in [-0.2, -0.15) is 0 Å². The molecule has 1 aliphatic heterocycles. The summed E-state index contributed by atoms with van der Waals surface area (Å²) in [6.45, 7) is 3.93. The van der Waals surface area contributed by atoms with E-state index in [0.29, 0.717) is 24.3 Å². The Balaban J connectivity index is 2.02. The number of anilines is 1. The van der Waals surface area contributed by atoms with Gasteiger partial charge in [0.2, 0.25) is 0 Å². The molecular weight excluding hydrogens is 236 g/mol. The molecule has 0 unspecified atom stereocenters. The molecule has 0 amide bonds. The van der Waals surface area contributed by atoms with E-state index in [1.54, 1.807) is 0 Å². The third-order valence-corrected chi connectivity index (χ3v) is 4.85. The first-order valence-electron chi connectivity index (χ1n) is 5.87. The van der Waals surface area contributed by atoms with Crippen molar-refractivity contribution in [1.29, 1.82) is 0 Å². The molecule has 4 nitrogen and oxygen atoms in total. The van der Waals surface area contributed by atoms with Gasteiger partial charge >= 0.3 is 0 Å². The van der Waals surface area contributed by atoms with E-state index in [9.17, 15) is 8.42 Å². The highest BCUT2D eigenvalue weighted by molar-refractivity contribution is 7.91. The van der Waals surface area contributed by atoms with E-state index in [2.05, 4.69) is 10.3 Å². The number of rotatable bonds is 2. The summed E-state index contributed by atoms with van der Waals surface area (Å²) < 4.78 is 22.6. The summed E-state index contributed by atoms with van der Waals surface area (Å²) in [5, 5.41) is 3.39. The Hall–Kier alpha value is -1.10. The van der Waals surface area contributed by atoms with Crippen LogP contribution in [0, 0.1) is 13.8 Å². The molecule has 2 heterocycles. The molecule has 0 radical (unpaired) electrons. The minimum atomic E-state index is -2.78. The van der Waals surface area contributed by atoms with Crippen LogP contribution in [0.25, 0.3) is 0 Å². The van der Waals surface area contributed by atoms with Crippen molar-refractivity contribution in [2.45, 2.75) is 32.7 Å². The lowest BCUT2D eigenvalue weighted by Crippen LogP contribution is -2.32. The van der Waals surface area contributed by atoms with Crippen molar-refractivity contribution in [2.24, 2.45) is 0 Å². The van der Waals surface area contributed by atoms with Gasteiger partial charge in [0.25, 0.3) is 0 Å². The van der Waals surface area contributed by atoms with Gasteiger partial charge in [-0.05, 0) is 38.8 Å². The summed E-state index contributed by atoms with van der Waals surface area (Å²) in [4.78, 5) is 4.39. The maximum absolute atomic E-state index is 11.3. The molecule has 0 atom stereocenters. The lowest BCUT2D eigenvalue weighted by molar-refractivity contribution is 0.559. The van der Waals surface area contributed by atoms with Crippen LogP contribution in [-0.4, -0.2) is 30.9 Å². The second kappa shape index (κ2) is 4.64. The zero-order valence-corrected chi connectivity index (χ0v) is 11.0. The lowest BCUT2D eigenvalue weighted by Gasteiger charge is -2.24. The Morgan fingerprint density at radius 2 is 1.88 bits per heavy atom. The van der Waals surface area contributed by atoms with E-state index < -0.39 is 9.84 Å². The fraction of sp³-hybridized carbons (Fsp3) is 0.583. The molecule has 0 aromatic carbocycles.